The first-order valence-corrected chi connectivity index (χ1v) is 7.37. The smallest absolute Gasteiger partial charge is 0.328 e. The molecule has 9 heteroatoms. The molecule has 3 amide bonds. The number of esters is 1. The molecule has 0 spiro atoms. The highest BCUT2D eigenvalue weighted by atomic mass is 16.5. The summed E-state index contributed by atoms with van der Waals surface area (Å²) in [5.74, 6) is -0.874. The van der Waals surface area contributed by atoms with Crippen LogP contribution in [0.25, 0.3) is 0 Å². The zero-order valence-electron chi connectivity index (χ0n) is 13.3. The van der Waals surface area contributed by atoms with Gasteiger partial charge >= 0.3 is 12.0 Å². The average molecular weight is 331 g/mol. The summed E-state index contributed by atoms with van der Waals surface area (Å²) in [7, 11) is 2.99. The number of aliphatic imine (C=N–C) groups is 1. The maximum atomic E-state index is 12.3. The Labute approximate surface area is 138 Å². The molecule has 3 heterocycles. The standard InChI is InChI=1S/C15H17N5O4/c1-18-13-12(14(22)19(2)15(18)23)20(9-17-13)7-11(21)24-8-10-4-3-5-16-6-10/h3-6,9,12-13H,7-8H2,1-2H3. The first-order chi connectivity index (χ1) is 11.5. The Hall–Kier alpha value is -2.97. The van der Waals surface area contributed by atoms with Crippen molar-refractivity contribution < 1.29 is 19.1 Å². The number of hydrogen-bond acceptors (Lipinski definition) is 7. The van der Waals surface area contributed by atoms with E-state index in [9.17, 15) is 14.4 Å². The molecule has 0 aliphatic carbocycles. The van der Waals surface area contributed by atoms with E-state index >= 15 is 0 Å². The molecule has 1 aromatic rings. The van der Waals surface area contributed by atoms with Crippen LogP contribution in [0.5, 0.6) is 0 Å². The molecule has 0 saturated carbocycles. The summed E-state index contributed by atoms with van der Waals surface area (Å²) in [6.07, 6.45) is 4.05. The first-order valence-electron chi connectivity index (χ1n) is 7.37. The van der Waals surface area contributed by atoms with E-state index in [0.717, 1.165) is 10.5 Å². The molecule has 0 N–H and O–H groups in total. The third-order valence-electron chi connectivity index (χ3n) is 4.01. The van der Waals surface area contributed by atoms with Gasteiger partial charge in [0.25, 0.3) is 5.91 Å². The fraction of sp³-hybridized carbons (Fsp3) is 0.400. The highest BCUT2D eigenvalue weighted by Gasteiger charge is 2.48. The molecule has 0 bridgehead atoms. The normalized spacial score (nSPS) is 22.8. The Kier molecular flexibility index (Phi) is 4.15. The number of imide groups is 1. The molecule has 2 aliphatic rings. The number of amides is 3. The lowest BCUT2D eigenvalue weighted by Gasteiger charge is -2.39. The maximum absolute atomic E-state index is 12.3. The number of aromatic nitrogens is 1. The molecule has 0 radical (unpaired) electrons. The van der Waals surface area contributed by atoms with Crippen LogP contribution in [0.3, 0.4) is 0 Å². The highest BCUT2D eigenvalue weighted by molar-refractivity contribution is 6.02. The van der Waals surface area contributed by atoms with Crippen molar-refractivity contribution in [1.82, 2.24) is 19.7 Å². The number of ether oxygens (including phenoxy) is 1. The summed E-state index contributed by atoms with van der Waals surface area (Å²) in [6, 6.07) is 2.43. The lowest BCUT2D eigenvalue weighted by molar-refractivity contribution is -0.147. The van der Waals surface area contributed by atoms with Crippen molar-refractivity contribution in [3.8, 4) is 0 Å². The summed E-state index contributed by atoms with van der Waals surface area (Å²) >= 11 is 0. The Bertz CT molecular complexity index is 692. The van der Waals surface area contributed by atoms with Crippen LogP contribution in [-0.2, 0) is 20.9 Å². The third kappa shape index (κ3) is 2.80. The Morgan fingerprint density at radius 2 is 2.12 bits per heavy atom. The SMILES string of the molecule is CN1C(=O)C2C(N=CN2CC(=O)OCc2cccnc2)N(C)C1=O. The molecule has 2 atom stereocenters. The molecular weight excluding hydrogens is 314 g/mol. The van der Waals surface area contributed by atoms with Crippen LogP contribution in [0.1, 0.15) is 5.56 Å². The van der Waals surface area contributed by atoms with Crippen LogP contribution >= 0.6 is 0 Å². The van der Waals surface area contributed by atoms with Gasteiger partial charge in [0.1, 0.15) is 13.2 Å². The average Bonchev–Trinajstić information content (AvgIpc) is 3.01. The van der Waals surface area contributed by atoms with Gasteiger partial charge in [-0.15, -0.1) is 0 Å². The number of carbonyl (C=O) groups is 3. The van der Waals surface area contributed by atoms with E-state index in [4.69, 9.17) is 4.74 Å². The van der Waals surface area contributed by atoms with E-state index < -0.39 is 24.2 Å². The predicted molar refractivity (Wildman–Crippen MR) is 82.7 cm³/mol. The number of carbonyl (C=O) groups excluding carboxylic acids is 3. The van der Waals surface area contributed by atoms with Gasteiger partial charge in [-0.05, 0) is 6.07 Å². The summed E-state index contributed by atoms with van der Waals surface area (Å²) < 4.78 is 5.19. The topological polar surface area (TPSA) is 95.4 Å². The Morgan fingerprint density at radius 1 is 1.33 bits per heavy atom. The molecule has 0 aromatic carbocycles. The minimum Gasteiger partial charge on any atom is -0.459 e. The quantitative estimate of drug-likeness (QED) is 0.702. The Balaban J connectivity index is 1.61. The second-order valence-electron chi connectivity index (χ2n) is 5.61. The van der Waals surface area contributed by atoms with Crippen molar-refractivity contribution in [1.29, 1.82) is 0 Å². The first kappa shape index (κ1) is 15.9. The molecule has 1 aromatic heterocycles. The van der Waals surface area contributed by atoms with Crippen LogP contribution < -0.4 is 0 Å². The number of pyridine rings is 1. The molecule has 2 unspecified atom stereocenters. The van der Waals surface area contributed by atoms with E-state index in [1.54, 1.807) is 31.6 Å². The zero-order chi connectivity index (χ0) is 17.3. The number of rotatable bonds is 4. The van der Waals surface area contributed by atoms with Crippen molar-refractivity contribution in [2.45, 2.75) is 18.8 Å². The largest absolute Gasteiger partial charge is 0.459 e. The van der Waals surface area contributed by atoms with Crippen molar-refractivity contribution in [2.75, 3.05) is 20.6 Å². The molecule has 3 rings (SSSR count). The van der Waals surface area contributed by atoms with Crippen LogP contribution in [0.4, 0.5) is 4.79 Å². The van der Waals surface area contributed by atoms with Crippen molar-refractivity contribution in [3.63, 3.8) is 0 Å². The van der Waals surface area contributed by atoms with Crippen LogP contribution in [0.15, 0.2) is 29.5 Å². The number of fused-ring (bicyclic) bond motifs is 1. The molecule has 1 fully saturated rings. The fourth-order valence-electron chi connectivity index (χ4n) is 2.68. The molecule has 1 saturated heterocycles. The number of likely N-dealkylation sites (N-methyl/N-ethyl adjacent to an activating group) is 2. The number of hydrogen-bond donors (Lipinski definition) is 0. The zero-order valence-corrected chi connectivity index (χ0v) is 13.3. The minimum absolute atomic E-state index is 0.109. The monoisotopic (exact) mass is 331 g/mol. The number of urea groups is 1. The minimum atomic E-state index is -0.705. The maximum Gasteiger partial charge on any atom is 0.328 e. The van der Waals surface area contributed by atoms with Crippen LogP contribution in [0, 0.1) is 0 Å². The lowest BCUT2D eigenvalue weighted by atomic mass is 10.1. The summed E-state index contributed by atoms with van der Waals surface area (Å²) in [4.78, 5) is 48.3. The molecule has 2 aliphatic heterocycles. The van der Waals surface area contributed by atoms with E-state index in [-0.39, 0.29) is 19.1 Å². The second-order valence-corrected chi connectivity index (χ2v) is 5.61. The predicted octanol–water partition coefficient (Wildman–Crippen LogP) is -0.313. The van der Waals surface area contributed by atoms with Gasteiger partial charge in [0.05, 0.1) is 6.34 Å². The van der Waals surface area contributed by atoms with Gasteiger partial charge in [-0.2, -0.15) is 0 Å². The molecular formula is C15H17N5O4. The summed E-state index contributed by atoms with van der Waals surface area (Å²) in [6.45, 7) is -0.00940. The van der Waals surface area contributed by atoms with Crippen molar-refractivity contribution in [3.05, 3.63) is 30.1 Å². The van der Waals surface area contributed by atoms with Gasteiger partial charge in [-0.1, -0.05) is 6.07 Å². The summed E-state index contributed by atoms with van der Waals surface area (Å²) in [5.41, 5.74) is 0.776. The van der Waals surface area contributed by atoms with Gasteiger partial charge in [-0.25, -0.2) is 9.79 Å². The van der Waals surface area contributed by atoms with E-state index in [1.165, 1.54) is 23.2 Å². The van der Waals surface area contributed by atoms with Crippen LogP contribution in [-0.4, -0.2) is 76.8 Å². The van der Waals surface area contributed by atoms with Gasteiger partial charge in [0, 0.05) is 32.1 Å². The molecule has 9 nitrogen and oxygen atoms in total. The molecule has 126 valence electrons. The van der Waals surface area contributed by atoms with E-state index in [2.05, 4.69) is 9.98 Å². The third-order valence-corrected chi connectivity index (χ3v) is 4.01. The fourth-order valence-corrected chi connectivity index (χ4v) is 2.68. The van der Waals surface area contributed by atoms with E-state index in [1.807, 2.05) is 0 Å². The van der Waals surface area contributed by atoms with Gasteiger partial charge in [0.15, 0.2) is 12.2 Å². The number of nitrogens with zero attached hydrogens (tertiary/aromatic N) is 5. The summed E-state index contributed by atoms with van der Waals surface area (Å²) in [5, 5.41) is 0. The van der Waals surface area contributed by atoms with Crippen molar-refractivity contribution >= 4 is 24.2 Å². The highest BCUT2D eigenvalue weighted by Crippen LogP contribution is 2.24. The van der Waals surface area contributed by atoms with Crippen molar-refractivity contribution in [2.24, 2.45) is 4.99 Å². The molecule has 24 heavy (non-hydrogen) atoms. The Morgan fingerprint density at radius 3 is 2.83 bits per heavy atom. The van der Waals surface area contributed by atoms with Gasteiger partial charge in [-0.3, -0.25) is 19.5 Å². The van der Waals surface area contributed by atoms with Gasteiger partial charge in [0.2, 0.25) is 0 Å². The second kappa shape index (κ2) is 6.26. The lowest BCUT2D eigenvalue weighted by Crippen LogP contribution is -2.64. The van der Waals surface area contributed by atoms with Gasteiger partial charge < -0.3 is 14.5 Å². The van der Waals surface area contributed by atoms with E-state index in [0.29, 0.717) is 0 Å². The van der Waals surface area contributed by atoms with Crippen LogP contribution in [0.2, 0.25) is 0 Å².